The number of hydrogen-bond donors (Lipinski definition) is 2. The van der Waals surface area contributed by atoms with Gasteiger partial charge in [0.1, 0.15) is 4.90 Å². The Kier molecular flexibility index (Phi) is 5.17. The molecular formula is C17H16N4O5S. The Bertz CT molecular complexity index is 1050. The molecule has 0 saturated carbocycles. The van der Waals surface area contributed by atoms with Gasteiger partial charge in [-0.1, -0.05) is 17.9 Å². The molecule has 0 aliphatic carbocycles. The molecular weight excluding hydrogens is 372 g/mol. The van der Waals surface area contributed by atoms with Gasteiger partial charge in [-0.2, -0.15) is 13.1 Å². The average Bonchev–Trinajstić information content (AvgIpc) is 3.13. The van der Waals surface area contributed by atoms with E-state index >= 15 is 0 Å². The van der Waals surface area contributed by atoms with Gasteiger partial charge in [0, 0.05) is 18.3 Å². The SMILES string of the molecule is O=[N+]([O-])c1ccc([O-])c(C=Nc2cccc(S(=O)(=O)NC3=[NH+]CCC3)c2)c1. The van der Waals surface area contributed by atoms with Gasteiger partial charge in [-0.15, -0.1) is 0 Å². The fourth-order valence-electron chi connectivity index (χ4n) is 2.53. The highest BCUT2D eigenvalue weighted by molar-refractivity contribution is 7.90. The second-order valence-corrected chi connectivity index (χ2v) is 7.53. The number of amidine groups is 1. The number of nitro groups is 1. The van der Waals surface area contributed by atoms with Crippen LogP contribution in [0.1, 0.15) is 18.4 Å². The fraction of sp³-hybridized carbons (Fsp3) is 0.176. The molecule has 1 aliphatic rings. The zero-order chi connectivity index (χ0) is 19.4. The highest BCUT2D eigenvalue weighted by Crippen LogP contribution is 2.22. The van der Waals surface area contributed by atoms with E-state index in [1.807, 2.05) is 0 Å². The molecule has 0 aromatic heterocycles. The van der Waals surface area contributed by atoms with E-state index in [-0.39, 0.29) is 16.1 Å². The lowest BCUT2D eigenvalue weighted by molar-refractivity contribution is -0.448. The second-order valence-electron chi connectivity index (χ2n) is 5.85. The zero-order valence-electron chi connectivity index (χ0n) is 14.1. The number of benzene rings is 2. The normalized spacial score (nSPS) is 14.3. The van der Waals surface area contributed by atoms with Crippen molar-refractivity contribution in [3.63, 3.8) is 0 Å². The third kappa shape index (κ3) is 4.47. The summed E-state index contributed by atoms with van der Waals surface area (Å²) in [5.74, 6) is 0.134. The Morgan fingerprint density at radius 1 is 1.22 bits per heavy atom. The van der Waals surface area contributed by atoms with E-state index in [9.17, 15) is 23.6 Å². The van der Waals surface area contributed by atoms with E-state index in [0.29, 0.717) is 17.9 Å². The number of non-ortho nitro benzene ring substituents is 1. The number of nitrogens with one attached hydrogen (secondary N) is 2. The highest BCUT2D eigenvalue weighted by atomic mass is 32.2. The minimum atomic E-state index is -3.75. The van der Waals surface area contributed by atoms with Crippen molar-refractivity contribution in [3.05, 3.63) is 58.1 Å². The number of aliphatic imine (C=N–C) groups is 1. The Morgan fingerprint density at radius 3 is 2.74 bits per heavy atom. The van der Waals surface area contributed by atoms with Gasteiger partial charge in [-0.05, 0) is 30.2 Å². The monoisotopic (exact) mass is 388 g/mol. The standard InChI is InChI=1S/C17H16N4O5S/c22-16-7-6-14(21(23)24)9-12(16)11-19-13-3-1-4-15(10-13)27(25,26)20-17-5-2-8-18-17/h1,3-4,6-7,9-11,22H,2,5,8H2,(H,18,20). The Hall–Kier alpha value is -3.27. The Morgan fingerprint density at radius 2 is 2.04 bits per heavy atom. The second kappa shape index (κ2) is 7.54. The minimum Gasteiger partial charge on any atom is -0.872 e. The Balaban J connectivity index is 1.85. The highest BCUT2D eigenvalue weighted by Gasteiger charge is 2.24. The molecule has 0 fully saturated rings. The van der Waals surface area contributed by atoms with E-state index in [1.54, 1.807) is 6.07 Å². The van der Waals surface area contributed by atoms with Gasteiger partial charge in [0.2, 0.25) is 0 Å². The molecule has 1 heterocycles. The van der Waals surface area contributed by atoms with Crippen LogP contribution in [0.3, 0.4) is 0 Å². The molecule has 0 unspecified atom stereocenters. The molecule has 0 atom stereocenters. The van der Waals surface area contributed by atoms with Gasteiger partial charge in [0.15, 0.2) is 0 Å². The lowest BCUT2D eigenvalue weighted by atomic mass is 10.2. The van der Waals surface area contributed by atoms with Crippen LogP contribution in [0.25, 0.3) is 0 Å². The van der Waals surface area contributed by atoms with E-state index in [2.05, 4.69) is 14.7 Å². The summed E-state index contributed by atoms with van der Waals surface area (Å²) >= 11 is 0. The molecule has 2 N–H and O–H groups in total. The van der Waals surface area contributed by atoms with Crippen LogP contribution in [0, 0.1) is 10.1 Å². The van der Waals surface area contributed by atoms with E-state index in [1.165, 1.54) is 24.4 Å². The zero-order valence-corrected chi connectivity index (χ0v) is 14.9. The predicted octanol–water partition coefficient (Wildman–Crippen LogP) is -0.0298. The maximum absolute atomic E-state index is 12.4. The van der Waals surface area contributed by atoms with Crippen molar-refractivity contribution in [2.75, 3.05) is 6.54 Å². The lowest BCUT2D eigenvalue weighted by Gasteiger charge is -2.08. The quantitative estimate of drug-likeness (QED) is 0.421. The fourth-order valence-corrected chi connectivity index (χ4v) is 3.68. The maximum atomic E-state index is 12.4. The minimum absolute atomic E-state index is 0.0275. The summed E-state index contributed by atoms with van der Waals surface area (Å²) in [5.41, 5.74) is 0.118. The van der Waals surface area contributed by atoms with Gasteiger partial charge >= 0.3 is 10.0 Å². The van der Waals surface area contributed by atoms with Crippen molar-refractivity contribution in [1.82, 2.24) is 4.72 Å². The Labute approximate surface area is 155 Å². The summed E-state index contributed by atoms with van der Waals surface area (Å²) in [6.07, 6.45) is 2.68. The molecule has 2 aromatic carbocycles. The molecule has 0 amide bonds. The summed E-state index contributed by atoms with van der Waals surface area (Å²) < 4.78 is 27.4. The molecule has 9 nitrogen and oxygen atoms in total. The number of hydrogen-bond acceptors (Lipinski definition) is 6. The molecule has 0 radical (unpaired) electrons. The van der Waals surface area contributed by atoms with Crippen molar-refractivity contribution < 1.29 is 23.4 Å². The topological polar surface area (TPSA) is 139 Å². The maximum Gasteiger partial charge on any atom is 0.328 e. The third-order valence-corrected chi connectivity index (χ3v) is 5.27. The summed E-state index contributed by atoms with van der Waals surface area (Å²) in [7, 11) is -3.75. The van der Waals surface area contributed by atoms with E-state index < -0.39 is 20.7 Å². The van der Waals surface area contributed by atoms with Crippen molar-refractivity contribution in [3.8, 4) is 5.75 Å². The van der Waals surface area contributed by atoms with Crippen LogP contribution in [0.4, 0.5) is 11.4 Å². The van der Waals surface area contributed by atoms with Gasteiger partial charge < -0.3 is 5.11 Å². The average molecular weight is 388 g/mol. The van der Waals surface area contributed by atoms with Crippen LogP contribution in [0.15, 0.2) is 52.4 Å². The van der Waals surface area contributed by atoms with Crippen molar-refractivity contribution in [2.45, 2.75) is 17.7 Å². The van der Waals surface area contributed by atoms with Crippen LogP contribution < -0.4 is 14.8 Å². The van der Waals surface area contributed by atoms with Crippen LogP contribution in [0.2, 0.25) is 0 Å². The third-order valence-electron chi connectivity index (χ3n) is 3.88. The first kappa shape index (κ1) is 18.5. The number of nitro benzene ring substituents is 1. The van der Waals surface area contributed by atoms with Gasteiger partial charge in [-0.25, -0.2) is 0 Å². The van der Waals surface area contributed by atoms with Gasteiger partial charge in [-0.3, -0.25) is 20.1 Å². The molecule has 140 valence electrons. The molecule has 3 rings (SSSR count). The van der Waals surface area contributed by atoms with E-state index in [4.69, 9.17) is 0 Å². The lowest BCUT2D eigenvalue weighted by Crippen LogP contribution is -2.72. The first-order valence-electron chi connectivity index (χ1n) is 8.07. The van der Waals surface area contributed by atoms with Crippen molar-refractivity contribution in [2.24, 2.45) is 4.99 Å². The molecule has 1 aliphatic heterocycles. The molecule has 27 heavy (non-hydrogen) atoms. The largest absolute Gasteiger partial charge is 0.872 e. The summed E-state index contributed by atoms with van der Waals surface area (Å²) in [5, 5.41) is 22.6. The number of rotatable bonds is 5. The van der Waals surface area contributed by atoms with Gasteiger partial charge in [0.05, 0.1) is 23.6 Å². The van der Waals surface area contributed by atoms with Gasteiger partial charge in [0.25, 0.3) is 11.5 Å². The van der Waals surface area contributed by atoms with E-state index in [0.717, 1.165) is 31.2 Å². The first-order chi connectivity index (χ1) is 12.8. The van der Waals surface area contributed by atoms with Crippen molar-refractivity contribution in [1.29, 1.82) is 0 Å². The predicted molar refractivity (Wildman–Crippen MR) is 96.6 cm³/mol. The van der Waals surface area contributed by atoms with Crippen LogP contribution >= 0.6 is 0 Å². The number of nitrogens with zero attached hydrogens (tertiary/aromatic N) is 2. The van der Waals surface area contributed by atoms with Crippen LogP contribution in [-0.2, 0) is 10.0 Å². The smallest absolute Gasteiger partial charge is 0.328 e. The first-order valence-corrected chi connectivity index (χ1v) is 9.55. The molecule has 0 saturated heterocycles. The molecule has 0 spiro atoms. The number of sulfonamides is 1. The van der Waals surface area contributed by atoms with Crippen LogP contribution in [-0.4, -0.2) is 31.9 Å². The summed E-state index contributed by atoms with van der Waals surface area (Å²) in [6, 6.07) is 9.22. The molecule has 0 bridgehead atoms. The summed E-state index contributed by atoms with van der Waals surface area (Å²) in [4.78, 5) is 17.3. The molecule has 2 aromatic rings. The summed E-state index contributed by atoms with van der Waals surface area (Å²) in [6.45, 7) is 0.725. The van der Waals surface area contributed by atoms with Crippen molar-refractivity contribution >= 4 is 33.4 Å². The van der Waals surface area contributed by atoms with Crippen LogP contribution in [0.5, 0.6) is 5.75 Å². The molecule has 10 heteroatoms.